The predicted molar refractivity (Wildman–Crippen MR) is 80.3 cm³/mol. The molecule has 2 aliphatic rings. The van der Waals surface area contributed by atoms with Gasteiger partial charge in [0.15, 0.2) is 0 Å². The highest BCUT2D eigenvalue weighted by Crippen LogP contribution is 2.30. The third kappa shape index (κ3) is 2.66. The van der Waals surface area contributed by atoms with Crippen molar-refractivity contribution >= 4 is 23.0 Å². The van der Waals surface area contributed by atoms with Crippen molar-refractivity contribution in [3.05, 3.63) is 21.4 Å². The van der Waals surface area contributed by atoms with Gasteiger partial charge in [0.25, 0.3) is 5.91 Å². The number of hydrogen-bond acceptors (Lipinski definition) is 3. The van der Waals surface area contributed by atoms with Crippen LogP contribution in [-0.4, -0.2) is 29.7 Å². The molecule has 1 aliphatic carbocycles. The summed E-state index contributed by atoms with van der Waals surface area (Å²) in [4.78, 5) is 28.3. The number of rotatable bonds is 1. The largest absolute Gasteiger partial charge is 0.337 e. The Balaban J connectivity index is 1.76. The summed E-state index contributed by atoms with van der Waals surface area (Å²) in [6.07, 6.45) is 6.55. The van der Waals surface area contributed by atoms with Crippen LogP contribution in [0.1, 0.15) is 52.7 Å². The van der Waals surface area contributed by atoms with Crippen LogP contribution in [-0.2, 0) is 17.6 Å². The van der Waals surface area contributed by atoms with Crippen LogP contribution in [0.15, 0.2) is 6.07 Å². The SMILES string of the molecule is CC1CN(C(=O)c2cc3c(s2)CCCCC3)CCC1=O. The number of Topliss-reactive ketones (excluding diaryl/α,β-unsaturated/α-hetero) is 1. The van der Waals surface area contributed by atoms with E-state index < -0.39 is 0 Å². The number of carbonyl (C=O) groups is 2. The van der Waals surface area contributed by atoms with E-state index >= 15 is 0 Å². The monoisotopic (exact) mass is 291 g/mol. The van der Waals surface area contributed by atoms with Gasteiger partial charge in [-0.1, -0.05) is 13.3 Å². The Kier molecular flexibility index (Phi) is 3.92. The normalized spacial score (nSPS) is 23.4. The Labute approximate surface area is 124 Å². The van der Waals surface area contributed by atoms with Crippen LogP contribution in [0.4, 0.5) is 0 Å². The van der Waals surface area contributed by atoms with Gasteiger partial charge in [-0.25, -0.2) is 0 Å². The van der Waals surface area contributed by atoms with Gasteiger partial charge < -0.3 is 4.90 Å². The first kappa shape index (κ1) is 13.8. The fourth-order valence-corrected chi connectivity index (χ4v) is 4.35. The number of likely N-dealkylation sites (tertiary alicyclic amines) is 1. The summed E-state index contributed by atoms with van der Waals surface area (Å²) in [5.41, 5.74) is 1.39. The second-order valence-electron chi connectivity index (χ2n) is 5.99. The lowest BCUT2D eigenvalue weighted by Gasteiger charge is -2.29. The third-order valence-corrected chi connectivity index (χ3v) is 5.64. The highest BCUT2D eigenvalue weighted by atomic mass is 32.1. The first-order valence-electron chi connectivity index (χ1n) is 7.58. The predicted octanol–water partition coefficient (Wildman–Crippen LogP) is 3.07. The Morgan fingerprint density at radius 3 is 2.85 bits per heavy atom. The summed E-state index contributed by atoms with van der Waals surface area (Å²) in [5.74, 6) is 0.406. The lowest BCUT2D eigenvalue weighted by Crippen LogP contribution is -2.42. The first-order valence-corrected chi connectivity index (χ1v) is 8.40. The van der Waals surface area contributed by atoms with Crippen molar-refractivity contribution in [2.75, 3.05) is 13.1 Å². The van der Waals surface area contributed by atoms with Gasteiger partial charge in [0.1, 0.15) is 5.78 Å². The van der Waals surface area contributed by atoms with E-state index in [1.807, 2.05) is 11.8 Å². The minimum atomic E-state index is -0.00881. The number of aryl methyl sites for hydroxylation is 2. The molecule has 1 aliphatic heterocycles. The molecule has 1 aromatic rings. The number of fused-ring (bicyclic) bond motifs is 1. The lowest BCUT2D eigenvalue weighted by atomic mass is 9.98. The second-order valence-corrected chi connectivity index (χ2v) is 7.13. The minimum absolute atomic E-state index is 0.00881. The van der Waals surface area contributed by atoms with Crippen molar-refractivity contribution in [3.63, 3.8) is 0 Å². The van der Waals surface area contributed by atoms with Gasteiger partial charge in [-0.3, -0.25) is 9.59 Å². The van der Waals surface area contributed by atoms with Gasteiger partial charge in [-0.05, 0) is 37.3 Å². The molecule has 2 heterocycles. The molecular formula is C16H21NO2S. The fourth-order valence-electron chi connectivity index (χ4n) is 3.13. The zero-order valence-corrected chi connectivity index (χ0v) is 12.8. The standard InChI is InChI=1S/C16H21NO2S/c1-11-10-17(8-7-13(11)18)16(19)15-9-12-5-3-2-4-6-14(12)20-15/h9,11H,2-8,10H2,1H3. The summed E-state index contributed by atoms with van der Waals surface area (Å²) >= 11 is 1.68. The molecule has 1 saturated heterocycles. The maximum Gasteiger partial charge on any atom is 0.263 e. The highest BCUT2D eigenvalue weighted by Gasteiger charge is 2.28. The Morgan fingerprint density at radius 1 is 1.25 bits per heavy atom. The average molecular weight is 291 g/mol. The molecule has 0 radical (unpaired) electrons. The maximum atomic E-state index is 12.6. The number of thiophene rings is 1. The van der Waals surface area contributed by atoms with Crippen molar-refractivity contribution < 1.29 is 9.59 Å². The molecule has 0 aromatic carbocycles. The molecule has 1 aromatic heterocycles. The molecule has 3 rings (SSSR count). The number of piperidine rings is 1. The maximum absolute atomic E-state index is 12.6. The van der Waals surface area contributed by atoms with E-state index in [1.54, 1.807) is 11.3 Å². The van der Waals surface area contributed by atoms with Gasteiger partial charge in [0.2, 0.25) is 0 Å². The molecule has 108 valence electrons. The van der Waals surface area contributed by atoms with Gasteiger partial charge >= 0.3 is 0 Å². The Bertz CT molecular complexity index is 511. The van der Waals surface area contributed by atoms with Gasteiger partial charge in [-0.15, -0.1) is 11.3 Å². The van der Waals surface area contributed by atoms with Crippen molar-refractivity contribution in [1.82, 2.24) is 4.90 Å². The van der Waals surface area contributed by atoms with Gasteiger partial charge in [0, 0.05) is 30.3 Å². The summed E-state index contributed by atoms with van der Waals surface area (Å²) in [5, 5.41) is 0. The van der Waals surface area contributed by atoms with Crippen molar-refractivity contribution in [1.29, 1.82) is 0 Å². The van der Waals surface area contributed by atoms with Crippen molar-refractivity contribution in [2.45, 2.75) is 45.4 Å². The smallest absolute Gasteiger partial charge is 0.263 e. The summed E-state index contributed by atoms with van der Waals surface area (Å²) < 4.78 is 0. The molecule has 1 unspecified atom stereocenters. The fraction of sp³-hybridized carbons (Fsp3) is 0.625. The van der Waals surface area contributed by atoms with E-state index in [1.165, 1.54) is 29.7 Å². The van der Waals surface area contributed by atoms with Crippen LogP contribution in [0.25, 0.3) is 0 Å². The average Bonchev–Trinajstić information content (AvgIpc) is 2.72. The van der Waals surface area contributed by atoms with Crippen LogP contribution < -0.4 is 0 Å². The molecule has 0 bridgehead atoms. The number of ketones is 1. The molecule has 0 saturated carbocycles. The number of amides is 1. The van der Waals surface area contributed by atoms with Crippen molar-refractivity contribution in [3.8, 4) is 0 Å². The van der Waals surface area contributed by atoms with E-state index in [4.69, 9.17) is 0 Å². The van der Waals surface area contributed by atoms with E-state index in [-0.39, 0.29) is 17.6 Å². The molecular weight excluding hydrogens is 270 g/mol. The van der Waals surface area contributed by atoms with E-state index in [9.17, 15) is 9.59 Å². The molecule has 0 N–H and O–H groups in total. The first-order chi connectivity index (χ1) is 9.65. The topological polar surface area (TPSA) is 37.4 Å². The Hall–Kier alpha value is -1.16. The molecule has 1 atom stereocenters. The minimum Gasteiger partial charge on any atom is -0.337 e. The molecule has 4 heteroatoms. The summed E-state index contributed by atoms with van der Waals surface area (Å²) in [6, 6.07) is 2.11. The Morgan fingerprint density at radius 2 is 2.05 bits per heavy atom. The third-order valence-electron chi connectivity index (χ3n) is 4.42. The van der Waals surface area contributed by atoms with E-state index in [0.717, 1.165) is 17.7 Å². The molecule has 1 fully saturated rings. The number of carbonyl (C=O) groups excluding carboxylic acids is 2. The molecule has 3 nitrogen and oxygen atoms in total. The zero-order chi connectivity index (χ0) is 14.1. The van der Waals surface area contributed by atoms with E-state index in [0.29, 0.717) is 19.5 Å². The van der Waals surface area contributed by atoms with Crippen molar-refractivity contribution in [2.24, 2.45) is 5.92 Å². The second kappa shape index (κ2) is 5.68. The van der Waals surface area contributed by atoms with Crippen LogP contribution >= 0.6 is 11.3 Å². The summed E-state index contributed by atoms with van der Waals surface area (Å²) in [6.45, 7) is 3.09. The van der Waals surface area contributed by atoms with Crippen LogP contribution in [0.3, 0.4) is 0 Å². The molecule has 20 heavy (non-hydrogen) atoms. The van der Waals surface area contributed by atoms with Gasteiger partial charge in [0.05, 0.1) is 4.88 Å². The highest BCUT2D eigenvalue weighted by molar-refractivity contribution is 7.14. The number of hydrogen-bond donors (Lipinski definition) is 0. The lowest BCUT2D eigenvalue weighted by molar-refractivity contribution is -0.124. The van der Waals surface area contributed by atoms with Crippen LogP contribution in [0.2, 0.25) is 0 Å². The van der Waals surface area contributed by atoms with Crippen LogP contribution in [0, 0.1) is 5.92 Å². The van der Waals surface area contributed by atoms with Gasteiger partial charge in [-0.2, -0.15) is 0 Å². The summed E-state index contributed by atoms with van der Waals surface area (Å²) in [7, 11) is 0. The van der Waals surface area contributed by atoms with Crippen LogP contribution in [0.5, 0.6) is 0 Å². The molecule has 0 spiro atoms. The zero-order valence-electron chi connectivity index (χ0n) is 12.0. The van der Waals surface area contributed by atoms with E-state index in [2.05, 4.69) is 6.07 Å². The molecule has 1 amide bonds. The number of nitrogens with zero attached hydrogens (tertiary/aromatic N) is 1. The quantitative estimate of drug-likeness (QED) is 0.746.